The number of halogens is 18. The summed E-state index contributed by atoms with van der Waals surface area (Å²) in [6.45, 7) is 0. The second-order valence-electron chi connectivity index (χ2n) is 5.91. The minimum absolute atomic E-state index is 7.96. The average molecular weight is 462 g/mol. The number of hydrogen-bond acceptors (Lipinski definition) is 0. The molecule has 0 spiro atoms. The van der Waals surface area contributed by atoms with E-state index in [9.17, 15) is 79.0 Å². The molecule has 0 nitrogen and oxygen atoms in total. The van der Waals surface area contributed by atoms with Gasteiger partial charge in [0.15, 0.2) is 0 Å². The maximum atomic E-state index is 14.2. The van der Waals surface area contributed by atoms with Crippen molar-refractivity contribution in [1.29, 1.82) is 0 Å². The Balaban J connectivity index is 3.11. The fraction of sp³-hybridized carbons (Fsp3) is 1.00. The average Bonchev–Trinajstić information content (AvgIpc) is 2.58. The third-order valence-electron chi connectivity index (χ3n) is 4.57. The zero-order valence-electron chi connectivity index (χ0n) is 11.8. The molecule has 0 aromatic rings. The van der Waals surface area contributed by atoms with Gasteiger partial charge in [-0.3, -0.25) is 0 Å². The summed E-state index contributed by atoms with van der Waals surface area (Å²) in [6.07, 6.45) is 0. The van der Waals surface area contributed by atoms with Crippen molar-refractivity contribution in [2.45, 2.75) is 58.7 Å². The maximum absolute atomic E-state index is 14.2. The highest BCUT2D eigenvalue weighted by Gasteiger charge is 3.15. The quantitative estimate of drug-likeness (QED) is 0.451. The summed E-state index contributed by atoms with van der Waals surface area (Å²) in [5.74, 6) is -65.1. The number of hydrogen-bond donors (Lipinski definition) is 0. The van der Waals surface area contributed by atoms with Crippen LogP contribution in [0.1, 0.15) is 0 Å². The van der Waals surface area contributed by atoms with Crippen molar-refractivity contribution in [3.8, 4) is 0 Å². The summed E-state index contributed by atoms with van der Waals surface area (Å²) in [7, 11) is 0. The summed E-state index contributed by atoms with van der Waals surface area (Å²) >= 11 is 0. The molecule has 0 aromatic carbocycles. The maximum Gasteiger partial charge on any atom is 0.382 e. The Morgan fingerprint density at radius 2 is 0.286 bits per heavy atom. The van der Waals surface area contributed by atoms with Crippen molar-refractivity contribution in [2.75, 3.05) is 0 Å². The van der Waals surface area contributed by atoms with Gasteiger partial charge in [-0.15, -0.1) is 0 Å². The normalized spacial score (nSPS) is 36.2. The van der Waals surface area contributed by atoms with E-state index in [1.807, 2.05) is 0 Å². The van der Waals surface area contributed by atoms with Crippen molar-refractivity contribution >= 4 is 0 Å². The molecule has 0 heterocycles. The van der Waals surface area contributed by atoms with Crippen LogP contribution in [0.3, 0.4) is 0 Å². The molecule has 0 unspecified atom stereocenters. The molecule has 2 aliphatic carbocycles. The molecule has 2 saturated carbocycles. The van der Waals surface area contributed by atoms with E-state index in [0.717, 1.165) is 0 Å². The molecule has 18 heteroatoms. The highest BCUT2D eigenvalue weighted by molar-refractivity contribution is 5.42. The number of rotatable bonds is 1. The Morgan fingerprint density at radius 3 is 0.393 bits per heavy atom. The van der Waals surface area contributed by atoms with Crippen LogP contribution >= 0.6 is 0 Å². The summed E-state index contributed by atoms with van der Waals surface area (Å²) < 4.78 is 239. The fourth-order valence-corrected chi connectivity index (χ4v) is 2.91. The number of alkyl halides is 18. The predicted octanol–water partition coefficient (Wildman–Crippen LogP) is 5.51. The highest BCUT2D eigenvalue weighted by Crippen LogP contribution is 2.81. The molecule has 0 aromatic heterocycles. The second kappa shape index (κ2) is 4.57. The van der Waals surface area contributed by atoms with E-state index in [1.165, 1.54) is 0 Å². The van der Waals surface area contributed by atoms with Gasteiger partial charge in [0.25, 0.3) is 11.3 Å². The lowest BCUT2D eigenvalue weighted by Crippen LogP contribution is -2.77. The van der Waals surface area contributed by atoms with E-state index in [-0.39, 0.29) is 0 Å². The van der Waals surface area contributed by atoms with E-state index in [1.54, 1.807) is 0 Å². The topological polar surface area (TPSA) is 0 Å². The van der Waals surface area contributed by atoms with Gasteiger partial charge in [-0.25, -0.2) is 8.78 Å². The smallest absolute Gasteiger partial charge is 0.226 e. The molecule has 0 atom stereocenters. The van der Waals surface area contributed by atoms with Crippen LogP contribution in [0, 0.1) is 0 Å². The first-order valence-electron chi connectivity index (χ1n) is 6.15. The van der Waals surface area contributed by atoms with Gasteiger partial charge in [0.05, 0.1) is 0 Å². The Bertz CT molecular complexity index is 587. The molecule has 2 fully saturated rings. The van der Waals surface area contributed by atoms with Crippen LogP contribution in [0.5, 0.6) is 0 Å². The van der Waals surface area contributed by atoms with Gasteiger partial charge in [-0.1, -0.05) is 0 Å². The molecule has 0 N–H and O–H groups in total. The third-order valence-corrected chi connectivity index (χ3v) is 4.57. The van der Waals surface area contributed by atoms with E-state index < -0.39 is 58.7 Å². The molecule has 0 amide bonds. The molecule has 166 valence electrons. The van der Waals surface area contributed by atoms with Gasteiger partial charge in [0.1, 0.15) is 0 Å². The lowest BCUT2D eigenvalue weighted by Gasteiger charge is -2.44. The van der Waals surface area contributed by atoms with Crippen molar-refractivity contribution in [1.82, 2.24) is 0 Å². The van der Waals surface area contributed by atoms with Crippen LogP contribution < -0.4 is 0 Å². The molecule has 28 heavy (non-hydrogen) atoms. The molecule has 0 saturated heterocycles. The van der Waals surface area contributed by atoms with Crippen molar-refractivity contribution in [2.24, 2.45) is 0 Å². The van der Waals surface area contributed by atoms with Gasteiger partial charge < -0.3 is 0 Å². The summed E-state index contributed by atoms with van der Waals surface area (Å²) in [4.78, 5) is 0. The van der Waals surface area contributed by atoms with Crippen molar-refractivity contribution < 1.29 is 79.0 Å². The van der Waals surface area contributed by atoms with E-state index in [2.05, 4.69) is 0 Å². The van der Waals surface area contributed by atoms with Crippen molar-refractivity contribution in [3.05, 3.63) is 0 Å². The molecular weight excluding hydrogens is 462 g/mol. The Morgan fingerprint density at radius 1 is 0.179 bits per heavy atom. The first-order chi connectivity index (χ1) is 11.8. The van der Waals surface area contributed by atoms with Crippen LogP contribution in [-0.4, -0.2) is 58.7 Å². The molecular formula is C10F18. The SMILES string of the molecule is FC1(F)C(F)(F)C(F)(F)C(F)(C2(F)C(F)(F)C(F)(F)C(F)(F)C2(F)F)C1(F)F. The molecule has 2 rings (SSSR count). The zero-order chi connectivity index (χ0) is 23.0. The van der Waals surface area contributed by atoms with Gasteiger partial charge in [0.2, 0.25) is 0 Å². The summed E-state index contributed by atoms with van der Waals surface area (Å²) in [6, 6.07) is 0. The Hall–Kier alpha value is -1.26. The van der Waals surface area contributed by atoms with E-state index >= 15 is 0 Å². The molecule has 0 radical (unpaired) electrons. The minimum atomic E-state index is -8.64. The van der Waals surface area contributed by atoms with E-state index in [0.29, 0.717) is 0 Å². The van der Waals surface area contributed by atoms with Crippen LogP contribution in [0.25, 0.3) is 0 Å². The van der Waals surface area contributed by atoms with Gasteiger partial charge in [-0.05, 0) is 0 Å². The minimum Gasteiger partial charge on any atom is -0.226 e. The second-order valence-corrected chi connectivity index (χ2v) is 5.91. The van der Waals surface area contributed by atoms with Crippen LogP contribution in [-0.2, 0) is 0 Å². The van der Waals surface area contributed by atoms with Gasteiger partial charge in [0, 0.05) is 0 Å². The Kier molecular flexibility index (Phi) is 3.75. The fourth-order valence-electron chi connectivity index (χ4n) is 2.91. The largest absolute Gasteiger partial charge is 0.382 e. The van der Waals surface area contributed by atoms with E-state index in [4.69, 9.17) is 0 Å². The van der Waals surface area contributed by atoms with Gasteiger partial charge >= 0.3 is 47.4 Å². The molecule has 2 aliphatic rings. The Labute approximate surface area is 139 Å². The zero-order valence-corrected chi connectivity index (χ0v) is 11.8. The first kappa shape index (κ1) is 23.0. The van der Waals surface area contributed by atoms with Gasteiger partial charge in [-0.2, -0.15) is 70.2 Å². The lowest BCUT2D eigenvalue weighted by atomic mass is 9.74. The van der Waals surface area contributed by atoms with Crippen LogP contribution in [0.2, 0.25) is 0 Å². The van der Waals surface area contributed by atoms with Crippen LogP contribution in [0.4, 0.5) is 79.0 Å². The lowest BCUT2D eigenvalue weighted by molar-refractivity contribution is -0.374. The first-order valence-corrected chi connectivity index (χ1v) is 6.15. The predicted molar refractivity (Wildman–Crippen MR) is 47.3 cm³/mol. The van der Waals surface area contributed by atoms with Crippen LogP contribution in [0.15, 0.2) is 0 Å². The summed E-state index contributed by atoms with van der Waals surface area (Å²) in [5.41, 5.74) is -17.3. The molecule has 0 bridgehead atoms. The third kappa shape index (κ3) is 1.46. The monoisotopic (exact) mass is 462 g/mol. The highest BCUT2D eigenvalue weighted by atomic mass is 19.4. The van der Waals surface area contributed by atoms with Crippen molar-refractivity contribution in [3.63, 3.8) is 0 Å². The molecule has 0 aliphatic heterocycles. The summed E-state index contributed by atoms with van der Waals surface area (Å²) in [5, 5.41) is 0. The standard InChI is InChI=1S/C10F18/c11-1(3(13,14)7(21,22)8(23,24)4(1,15)16)2(12)5(17,18)9(25,26)10(27,28)6(2,19)20.